The molecule has 1 unspecified atom stereocenters. The zero-order valence-electron chi connectivity index (χ0n) is 8.41. The molecule has 86 valence electrons. The maximum atomic E-state index is 10.9. The van der Waals surface area contributed by atoms with Crippen LogP contribution in [-0.2, 0) is 15.3 Å². The summed E-state index contributed by atoms with van der Waals surface area (Å²) in [6.07, 6.45) is 0. The van der Waals surface area contributed by atoms with E-state index in [9.17, 15) is 14.9 Å². The van der Waals surface area contributed by atoms with Crippen molar-refractivity contribution in [1.29, 1.82) is 0 Å². The average Bonchev–Trinajstić information content (AvgIpc) is 2.27. The molecule has 1 atom stereocenters. The summed E-state index contributed by atoms with van der Waals surface area (Å²) in [5.74, 6) is -1.42. The SMILES string of the molecule is COC(N)(C(=O)O)c1cccc([N+](=O)[O-])c1. The number of nitrogens with two attached hydrogens (primary N) is 1. The lowest BCUT2D eigenvalue weighted by Crippen LogP contribution is -2.46. The van der Waals surface area contributed by atoms with E-state index in [2.05, 4.69) is 4.74 Å². The fourth-order valence-electron chi connectivity index (χ4n) is 1.18. The van der Waals surface area contributed by atoms with Crippen molar-refractivity contribution in [1.82, 2.24) is 0 Å². The van der Waals surface area contributed by atoms with Crippen molar-refractivity contribution >= 4 is 11.7 Å². The molecule has 0 spiro atoms. The summed E-state index contributed by atoms with van der Waals surface area (Å²) in [5.41, 5.74) is 3.17. The number of carbonyl (C=O) groups is 1. The molecule has 3 N–H and O–H groups in total. The van der Waals surface area contributed by atoms with Crippen LogP contribution in [0, 0.1) is 10.1 Å². The Morgan fingerprint density at radius 3 is 2.69 bits per heavy atom. The summed E-state index contributed by atoms with van der Waals surface area (Å²) in [4.78, 5) is 20.8. The lowest BCUT2D eigenvalue weighted by Gasteiger charge is -2.22. The molecule has 0 bridgehead atoms. The van der Waals surface area contributed by atoms with E-state index in [-0.39, 0.29) is 11.3 Å². The van der Waals surface area contributed by atoms with Crippen molar-refractivity contribution in [3.63, 3.8) is 0 Å². The second kappa shape index (κ2) is 4.25. The van der Waals surface area contributed by atoms with Crippen LogP contribution in [-0.4, -0.2) is 23.1 Å². The first-order valence-electron chi connectivity index (χ1n) is 4.24. The van der Waals surface area contributed by atoms with Crippen LogP contribution in [0.2, 0.25) is 0 Å². The van der Waals surface area contributed by atoms with E-state index in [1.807, 2.05) is 0 Å². The normalized spacial score (nSPS) is 14.1. The number of carboxylic acids is 1. The summed E-state index contributed by atoms with van der Waals surface area (Å²) in [6.45, 7) is 0. The molecule has 1 aromatic carbocycles. The second-order valence-electron chi connectivity index (χ2n) is 3.05. The van der Waals surface area contributed by atoms with Gasteiger partial charge in [0.25, 0.3) is 5.69 Å². The molecule has 7 heteroatoms. The minimum Gasteiger partial charge on any atom is -0.478 e. The van der Waals surface area contributed by atoms with Gasteiger partial charge < -0.3 is 9.84 Å². The number of hydrogen-bond acceptors (Lipinski definition) is 5. The van der Waals surface area contributed by atoms with E-state index in [0.29, 0.717) is 0 Å². The van der Waals surface area contributed by atoms with Gasteiger partial charge >= 0.3 is 5.97 Å². The smallest absolute Gasteiger partial charge is 0.356 e. The zero-order valence-corrected chi connectivity index (χ0v) is 8.41. The molecular weight excluding hydrogens is 216 g/mol. The van der Waals surface area contributed by atoms with Crippen LogP contribution >= 0.6 is 0 Å². The molecule has 0 saturated heterocycles. The van der Waals surface area contributed by atoms with Crippen molar-refractivity contribution in [2.24, 2.45) is 5.73 Å². The number of non-ortho nitro benzene ring substituents is 1. The Balaban J connectivity index is 3.26. The highest BCUT2D eigenvalue weighted by molar-refractivity contribution is 5.78. The molecule has 0 aliphatic rings. The van der Waals surface area contributed by atoms with Crippen molar-refractivity contribution < 1.29 is 19.6 Å². The van der Waals surface area contributed by atoms with Gasteiger partial charge in [-0.2, -0.15) is 0 Å². The highest BCUT2D eigenvalue weighted by Crippen LogP contribution is 2.23. The zero-order chi connectivity index (χ0) is 12.3. The Kier molecular flexibility index (Phi) is 3.21. The van der Waals surface area contributed by atoms with Crippen LogP contribution in [0.3, 0.4) is 0 Å². The maximum Gasteiger partial charge on any atom is 0.356 e. The Morgan fingerprint density at radius 1 is 1.62 bits per heavy atom. The third-order valence-corrected chi connectivity index (χ3v) is 2.13. The van der Waals surface area contributed by atoms with Gasteiger partial charge in [0, 0.05) is 24.8 Å². The van der Waals surface area contributed by atoms with Crippen LogP contribution in [0.25, 0.3) is 0 Å². The summed E-state index contributed by atoms with van der Waals surface area (Å²) in [5, 5.41) is 19.4. The van der Waals surface area contributed by atoms with Crippen molar-refractivity contribution in [2.45, 2.75) is 5.72 Å². The summed E-state index contributed by atoms with van der Waals surface area (Å²) in [7, 11) is 1.12. The van der Waals surface area contributed by atoms with Gasteiger partial charge in [-0.1, -0.05) is 12.1 Å². The van der Waals surface area contributed by atoms with Crippen molar-refractivity contribution in [2.75, 3.05) is 7.11 Å². The van der Waals surface area contributed by atoms with E-state index in [4.69, 9.17) is 10.8 Å². The van der Waals surface area contributed by atoms with Gasteiger partial charge in [0.15, 0.2) is 0 Å². The molecule has 0 amide bonds. The first kappa shape index (κ1) is 12.1. The molecule has 0 saturated carbocycles. The topological polar surface area (TPSA) is 116 Å². The highest BCUT2D eigenvalue weighted by Gasteiger charge is 2.37. The lowest BCUT2D eigenvalue weighted by molar-refractivity contribution is -0.385. The van der Waals surface area contributed by atoms with Gasteiger partial charge in [-0.15, -0.1) is 0 Å². The number of carboxylic acid groups (broad SMARTS) is 1. The van der Waals surface area contributed by atoms with Crippen molar-refractivity contribution in [3.8, 4) is 0 Å². The number of nitro groups is 1. The monoisotopic (exact) mass is 226 g/mol. The van der Waals surface area contributed by atoms with E-state index in [1.54, 1.807) is 0 Å². The fraction of sp³-hybridized carbons (Fsp3) is 0.222. The van der Waals surface area contributed by atoms with E-state index >= 15 is 0 Å². The van der Waals surface area contributed by atoms with E-state index in [1.165, 1.54) is 18.2 Å². The molecule has 1 aromatic rings. The molecular formula is C9H10N2O5. The summed E-state index contributed by atoms with van der Waals surface area (Å²) < 4.78 is 4.68. The van der Waals surface area contributed by atoms with Gasteiger partial charge in [0.2, 0.25) is 5.72 Å². The second-order valence-corrected chi connectivity index (χ2v) is 3.05. The van der Waals surface area contributed by atoms with E-state index in [0.717, 1.165) is 13.2 Å². The number of aliphatic carboxylic acids is 1. The molecule has 7 nitrogen and oxygen atoms in total. The van der Waals surface area contributed by atoms with Gasteiger partial charge in [0.05, 0.1) is 4.92 Å². The molecule has 0 fully saturated rings. The maximum absolute atomic E-state index is 10.9. The first-order valence-corrected chi connectivity index (χ1v) is 4.24. The predicted octanol–water partition coefficient (Wildman–Crippen LogP) is 0.437. The Hall–Kier alpha value is -1.99. The minimum absolute atomic E-state index is 0.0108. The van der Waals surface area contributed by atoms with Gasteiger partial charge in [-0.25, -0.2) is 4.79 Å². The summed E-state index contributed by atoms with van der Waals surface area (Å²) >= 11 is 0. The number of ether oxygens (including phenoxy) is 1. The Bertz CT molecular complexity index is 434. The predicted molar refractivity (Wildman–Crippen MR) is 53.6 cm³/mol. The number of benzene rings is 1. The van der Waals surface area contributed by atoms with Gasteiger partial charge in [0.1, 0.15) is 0 Å². The minimum atomic E-state index is -2.08. The van der Waals surface area contributed by atoms with E-state index < -0.39 is 16.6 Å². The Morgan fingerprint density at radius 2 is 2.25 bits per heavy atom. The van der Waals surface area contributed by atoms with Crippen LogP contribution in [0.4, 0.5) is 5.69 Å². The van der Waals surface area contributed by atoms with Crippen LogP contribution in [0.15, 0.2) is 24.3 Å². The number of hydrogen-bond donors (Lipinski definition) is 2. The Labute approximate surface area is 90.6 Å². The lowest BCUT2D eigenvalue weighted by atomic mass is 10.0. The van der Waals surface area contributed by atoms with Crippen LogP contribution in [0.1, 0.15) is 5.56 Å². The standard InChI is InChI=1S/C9H10N2O5/c1-16-9(10,8(12)13)6-3-2-4-7(5-6)11(14)15/h2-5H,10H2,1H3,(H,12,13). The van der Waals surface area contributed by atoms with Gasteiger partial charge in [-0.05, 0) is 0 Å². The molecule has 16 heavy (non-hydrogen) atoms. The fourth-order valence-corrected chi connectivity index (χ4v) is 1.18. The molecule has 0 aromatic heterocycles. The van der Waals surface area contributed by atoms with Gasteiger partial charge in [-0.3, -0.25) is 15.8 Å². The number of nitrogens with zero attached hydrogens (tertiary/aromatic N) is 1. The number of rotatable bonds is 4. The molecule has 0 aliphatic heterocycles. The highest BCUT2D eigenvalue weighted by atomic mass is 16.6. The number of methoxy groups -OCH3 is 1. The summed E-state index contributed by atoms with van der Waals surface area (Å²) in [6, 6.07) is 5.00. The quantitative estimate of drug-likeness (QED) is 0.437. The largest absolute Gasteiger partial charge is 0.478 e. The average molecular weight is 226 g/mol. The molecule has 0 radical (unpaired) electrons. The molecule has 0 aliphatic carbocycles. The molecule has 1 rings (SSSR count). The third kappa shape index (κ3) is 2.00. The third-order valence-electron chi connectivity index (χ3n) is 2.13. The van der Waals surface area contributed by atoms with Crippen LogP contribution < -0.4 is 5.73 Å². The first-order chi connectivity index (χ1) is 7.41. The van der Waals surface area contributed by atoms with Crippen LogP contribution in [0.5, 0.6) is 0 Å². The molecule has 0 heterocycles. The van der Waals surface area contributed by atoms with Crippen molar-refractivity contribution in [3.05, 3.63) is 39.9 Å². The number of nitro benzene ring substituents is 1.